The van der Waals surface area contributed by atoms with Crippen LogP contribution in [0.5, 0.6) is 0 Å². The van der Waals surface area contributed by atoms with E-state index < -0.39 is 15.9 Å². The summed E-state index contributed by atoms with van der Waals surface area (Å²) in [5.74, 6) is 0.224. The van der Waals surface area contributed by atoms with Gasteiger partial charge < -0.3 is 9.84 Å². The van der Waals surface area contributed by atoms with Gasteiger partial charge in [-0.15, -0.1) is 11.3 Å². The molecule has 1 atom stereocenters. The topological polar surface area (TPSA) is 105 Å². The van der Waals surface area contributed by atoms with Gasteiger partial charge in [-0.1, -0.05) is 11.2 Å². The predicted molar refractivity (Wildman–Crippen MR) is 118 cm³/mol. The quantitative estimate of drug-likeness (QED) is 0.621. The van der Waals surface area contributed by atoms with Crippen LogP contribution in [0.15, 0.2) is 38.4 Å². The maximum atomic E-state index is 13.2. The van der Waals surface area contributed by atoms with E-state index in [1.807, 2.05) is 32.0 Å². The molecule has 0 saturated carbocycles. The molecule has 164 valence electrons. The van der Waals surface area contributed by atoms with Crippen molar-refractivity contribution < 1.29 is 17.7 Å². The summed E-state index contributed by atoms with van der Waals surface area (Å²) in [6.07, 6.45) is 1.28. The third kappa shape index (κ3) is 4.70. The summed E-state index contributed by atoms with van der Waals surface area (Å²) in [5, 5.41) is 8.49. The van der Waals surface area contributed by atoms with Gasteiger partial charge in [-0.05, 0) is 56.0 Å². The second-order valence-electron chi connectivity index (χ2n) is 7.86. The van der Waals surface area contributed by atoms with E-state index in [1.165, 1.54) is 4.31 Å². The first-order valence-electron chi connectivity index (χ1n) is 10.0. The summed E-state index contributed by atoms with van der Waals surface area (Å²) in [7, 11) is -3.71. The zero-order valence-electron chi connectivity index (χ0n) is 17.6. The molecule has 1 aliphatic heterocycles. The van der Waals surface area contributed by atoms with Crippen molar-refractivity contribution in [2.24, 2.45) is 5.92 Å². The Morgan fingerprint density at radius 3 is 2.61 bits per heavy atom. The van der Waals surface area contributed by atoms with Gasteiger partial charge in [0.15, 0.2) is 0 Å². The molecule has 1 amide bonds. The summed E-state index contributed by atoms with van der Waals surface area (Å²) in [5.41, 5.74) is 3.46. The fraction of sp³-hybridized carbons (Fsp3) is 0.381. The van der Waals surface area contributed by atoms with Gasteiger partial charge in [-0.25, -0.2) is 8.42 Å². The number of hydrogen-bond donors (Lipinski definition) is 1. The molecule has 2 aromatic heterocycles. The van der Waals surface area contributed by atoms with Crippen molar-refractivity contribution >= 4 is 33.0 Å². The zero-order chi connectivity index (χ0) is 22.2. The van der Waals surface area contributed by atoms with Gasteiger partial charge in [0.1, 0.15) is 4.21 Å². The lowest BCUT2D eigenvalue weighted by atomic mass is 9.98. The van der Waals surface area contributed by atoms with E-state index in [2.05, 4.69) is 15.5 Å². The van der Waals surface area contributed by atoms with Crippen molar-refractivity contribution in [2.75, 3.05) is 18.4 Å². The van der Waals surface area contributed by atoms with Crippen molar-refractivity contribution in [3.63, 3.8) is 0 Å². The van der Waals surface area contributed by atoms with E-state index in [0.29, 0.717) is 36.7 Å². The number of anilines is 1. The maximum absolute atomic E-state index is 13.2. The van der Waals surface area contributed by atoms with Gasteiger partial charge in [-0.2, -0.15) is 9.29 Å². The van der Waals surface area contributed by atoms with Gasteiger partial charge in [0.25, 0.3) is 10.0 Å². The van der Waals surface area contributed by atoms with Crippen LogP contribution in [0.2, 0.25) is 0 Å². The molecule has 0 bridgehead atoms. The summed E-state index contributed by atoms with van der Waals surface area (Å²) in [4.78, 5) is 17.0. The van der Waals surface area contributed by atoms with E-state index in [1.54, 1.807) is 18.4 Å². The molecular weight excluding hydrogens is 436 g/mol. The fourth-order valence-electron chi connectivity index (χ4n) is 3.78. The SMILES string of the molecule is Cc1cc(C)cc(NC(=O)C2CCCN(S(=O)(=O)c3cc(-c4noc(C)n4)cs3)C2)c1. The number of aromatic nitrogens is 2. The molecule has 1 N–H and O–H groups in total. The first-order valence-corrected chi connectivity index (χ1v) is 12.3. The van der Waals surface area contributed by atoms with Crippen LogP contribution in [0.4, 0.5) is 5.69 Å². The van der Waals surface area contributed by atoms with Gasteiger partial charge in [-0.3, -0.25) is 4.79 Å². The highest BCUT2D eigenvalue weighted by atomic mass is 32.2. The Labute approximate surface area is 185 Å². The Morgan fingerprint density at radius 2 is 1.94 bits per heavy atom. The van der Waals surface area contributed by atoms with Gasteiger partial charge in [0.05, 0.1) is 5.92 Å². The third-order valence-electron chi connectivity index (χ3n) is 5.20. The molecule has 1 aliphatic rings. The highest BCUT2D eigenvalue weighted by Gasteiger charge is 2.34. The van der Waals surface area contributed by atoms with Crippen molar-refractivity contribution in [1.82, 2.24) is 14.4 Å². The molecule has 0 radical (unpaired) electrons. The maximum Gasteiger partial charge on any atom is 0.252 e. The lowest BCUT2D eigenvalue weighted by molar-refractivity contribution is -0.120. The molecule has 31 heavy (non-hydrogen) atoms. The van der Waals surface area contributed by atoms with E-state index in [9.17, 15) is 13.2 Å². The largest absolute Gasteiger partial charge is 0.339 e. The van der Waals surface area contributed by atoms with Crippen LogP contribution < -0.4 is 5.32 Å². The molecule has 1 aromatic carbocycles. The number of rotatable bonds is 5. The standard InChI is InChI=1S/C21H24N4O4S2/c1-13-7-14(2)9-18(8-13)23-21(26)16-5-4-6-25(11-16)31(27,28)19-10-17(12-30-19)20-22-15(3)29-24-20/h7-10,12,16H,4-6,11H2,1-3H3,(H,23,26). The third-order valence-corrected chi connectivity index (χ3v) is 8.48. The molecular formula is C21H24N4O4S2. The van der Waals surface area contributed by atoms with Gasteiger partial charge >= 0.3 is 0 Å². The molecule has 0 aliphatic carbocycles. The van der Waals surface area contributed by atoms with Crippen LogP contribution >= 0.6 is 11.3 Å². The van der Waals surface area contributed by atoms with Crippen molar-refractivity contribution in [3.05, 3.63) is 46.7 Å². The zero-order valence-corrected chi connectivity index (χ0v) is 19.2. The van der Waals surface area contributed by atoms with E-state index in [4.69, 9.17) is 4.52 Å². The summed E-state index contributed by atoms with van der Waals surface area (Å²) in [6.45, 7) is 6.18. The Bertz CT molecular complexity index is 1200. The molecule has 4 rings (SSSR count). The fourth-order valence-corrected chi connectivity index (χ4v) is 6.61. The average molecular weight is 461 g/mol. The highest BCUT2D eigenvalue weighted by molar-refractivity contribution is 7.91. The average Bonchev–Trinajstić information content (AvgIpc) is 3.36. The first-order chi connectivity index (χ1) is 14.7. The number of nitrogens with one attached hydrogen (secondary N) is 1. The number of nitrogens with zero attached hydrogens (tertiary/aromatic N) is 3. The number of benzene rings is 1. The Balaban J connectivity index is 1.48. The van der Waals surface area contributed by atoms with Crippen LogP contribution in [-0.4, -0.2) is 41.9 Å². The van der Waals surface area contributed by atoms with Crippen LogP contribution in [0.3, 0.4) is 0 Å². The highest BCUT2D eigenvalue weighted by Crippen LogP contribution is 2.31. The smallest absolute Gasteiger partial charge is 0.252 e. The van der Waals surface area contributed by atoms with Gasteiger partial charge in [0.2, 0.25) is 17.6 Å². The van der Waals surface area contributed by atoms with Crippen molar-refractivity contribution in [2.45, 2.75) is 37.8 Å². The van der Waals surface area contributed by atoms with Gasteiger partial charge in [0, 0.05) is 36.6 Å². The Morgan fingerprint density at radius 1 is 1.19 bits per heavy atom. The van der Waals surface area contributed by atoms with Crippen LogP contribution in [0, 0.1) is 26.7 Å². The van der Waals surface area contributed by atoms with Crippen LogP contribution in [0.25, 0.3) is 11.4 Å². The second-order valence-corrected chi connectivity index (χ2v) is 10.9. The lowest BCUT2D eigenvalue weighted by Crippen LogP contribution is -2.43. The lowest BCUT2D eigenvalue weighted by Gasteiger charge is -2.30. The molecule has 10 heteroatoms. The molecule has 1 unspecified atom stereocenters. The number of hydrogen-bond acceptors (Lipinski definition) is 7. The number of piperidine rings is 1. The van der Waals surface area contributed by atoms with Crippen LogP contribution in [-0.2, 0) is 14.8 Å². The minimum absolute atomic E-state index is 0.154. The summed E-state index contributed by atoms with van der Waals surface area (Å²) in [6, 6.07) is 7.42. The molecule has 3 heterocycles. The number of carbonyl (C=O) groups excluding carboxylic acids is 1. The minimum Gasteiger partial charge on any atom is -0.339 e. The van der Waals surface area contributed by atoms with E-state index in [-0.39, 0.29) is 16.7 Å². The molecule has 3 aromatic rings. The summed E-state index contributed by atoms with van der Waals surface area (Å²) >= 11 is 1.12. The number of thiophene rings is 1. The monoisotopic (exact) mass is 460 g/mol. The number of sulfonamides is 1. The van der Waals surface area contributed by atoms with E-state index in [0.717, 1.165) is 28.2 Å². The molecule has 1 fully saturated rings. The second kappa shape index (κ2) is 8.52. The number of amides is 1. The van der Waals surface area contributed by atoms with E-state index >= 15 is 0 Å². The normalized spacial score (nSPS) is 17.6. The predicted octanol–water partition coefficient (Wildman–Crippen LogP) is 3.76. The number of carbonyl (C=O) groups is 1. The Kier molecular flexibility index (Phi) is 5.96. The first kappa shape index (κ1) is 21.7. The summed E-state index contributed by atoms with van der Waals surface area (Å²) < 4.78 is 33.0. The Hall–Kier alpha value is -2.56. The molecule has 1 saturated heterocycles. The van der Waals surface area contributed by atoms with Crippen molar-refractivity contribution in [3.8, 4) is 11.4 Å². The minimum atomic E-state index is -3.71. The molecule has 8 nitrogen and oxygen atoms in total. The molecule has 0 spiro atoms. The van der Waals surface area contributed by atoms with Crippen LogP contribution in [0.1, 0.15) is 29.9 Å². The van der Waals surface area contributed by atoms with Crippen molar-refractivity contribution in [1.29, 1.82) is 0 Å². The number of aryl methyl sites for hydroxylation is 3.